The lowest BCUT2D eigenvalue weighted by atomic mass is 9.93. The number of nitrogens with zero attached hydrogens (tertiary/aromatic N) is 2. The maximum atomic E-state index is 13.7. The van der Waals surface area contributed by atoms with Crippen molar-refractivity contribution in [3.63, 3.8) is 0 Å². The molecule has 0 amide bonds. The first kappa shape index (κ1) is 10.7. The van der Waals surface area contributed by atoms with E-state index in [1.165, 1.54) is 12.1 Å². The number of hydrogen-bond acceptors (Lipinski definition) is 5. The second kappa shape index (κ2) is 3.62. The summed E-state index contributed by atoms with van der Waals surface area (Å²) in [5, 5.41) is 0. The number of anilines is 1. The Labute approximate surface area is 92.3 Å². The van der Waals surface area contributed by atoms with E-state index in [1.54, 1.807) is 6.92 Å². The normalized spacial score (nSPS) is 24.8. The number of aliphatic imine (C=N–C) groups is 1. The molecule has 1 aromatic rings. The number of aromatic nitrogens is 1. The first-order valence-electron chi connectivity index (χ1n) is 4.92. The number of pyridine rings is 1. The van der Waals surface area contributed by atoms with Gasteiger partial charge < -0.3 is 16.2 Å². The van der Waals surface area contributed by atoms with Gasteiger partial charge in [0.1, 0.15) is 22.9 Å². The highest BCUT2D eigenvalue weighted by Crippen LogP contribution is 2.32. The van der Waals surface area contributed by atoms with Crippen LogP contribution in [0.5, 0.6) is 0 Å². The van der Waals surface area contributed by atoms with Crippen molar-refractivity contribution in [2.45, 2.75) is 18.9 Å². The Morgan fingerprint density at radius 1 is 1.44 bits per heavy atom. The molecule has 2 rings (SSSR count). The molecule has 0 saturated carbocycles. The molecule has 2 heterocycles. The fourth-order valence-corrected chi connectivity index (χ4v) is 1.69. The van der Waals surface area contributed by atoms with E-state index >= 15 is 0 Å². The number of nitrogens with two attached hydrogens (primary N) is 2. The van der Waals surface area contributed by atoms with Crippen molar-refractivity contribution in [1.29, 1.82) is 0 Å². The van der Waals surface area contributed by atoms with Gasteiger partial charge in [0, 0.05) is 6.42 Å². The van der Waals surface area contributed by atoms with Crippen molar-refractivity contribution in [3.8, 4) is 0 Å². The Balaban J connectivity index is 2.50. The van der Waals surface area contributed by atoms with E-state index in [9.17, 15) is 4.39 Å². The molecule has 1 aliphatic heterocycles. The molecule has 1 atom stereocenters. The highest BCUT2D eigenvalue weighted by molar-refractivity contribution is 5.72. The van der Waals surface area contributed by atoms with E-state index in [1.807, 2.05) is 0 Å². The van der Waals surface area contributed by atoms with Gasteiger partial charge in [-0.25, -0.2) is 14.4 Å². The first-order chi connectivity index (χ1) is 7.51. The predicted molar refractivity (Wildman–Crippen MR) is 58.2 cm³/mol. The summed E-state index contributed by atoms with van der Waals surface area (Å²) < 4.78 is 18.7. The molecule has 0 aromatic carbocycles. The lowest BCUT2D eigenvalue weighted by Gasteiger charge is -2.29. The van der Waals surface area contributed by atoms with E-state index in [2.05, 4.69) is 9.98 Å². The smallest absolute Gasteiger partial charge is 0.282 e. The number of rotatable bonds is 1. The molecule has 0 saturated heterocycles. The molecule has 0 radical (unpaired) electrons. The molecule has 4 N–H and O–H groups in total. The van der Waals surface area contributed by atoms with Gasteiger partial charge in [0.2, 0.25) is 0 Å². The quantitative estimate of drug-likeness (QED) is 0.737. The van der Waals surface area contributed by atoms with Crippen LogP contribution in [-0.4, -0.2) is 17.6 Å². The topological polar surface area (TPSA) is 86.5 Å². The summed E-state index contributed by atoms with van der Waals surface area (Å²) in [7, 11) is 0. The first-order valence-corrected chi connectivity index (χ1v) is 4.92. The van der Waals surface area contributed by atoms with Crippen molar-refractivity contribution in [2.24, 2.45) is 10.7 Å². The van der Waals surface area contributed by atoms with Gasteiger partial charge in [0.05, 0.1) is 6.61 Å². The zero-order valence-corrected chi connectivity index (χ0v) is 8.90. The minimum absolute atomic E-state index is 0.0531. The Morgan fingerprint density at radius 3 is 2.88 bits per heavy atom. The lowest BCUT2D eigenvalue weighted by molar-refractivity contribution is 0.213. The number of nitrogen functional groups attached to an aromatic ring is 1. The van der Waals surface area contributed by atoms with E-state index in [0.717, 1.165) is 0 Å². The number of amidine groups is 1. The Hall–Kier alpha value is -1.85. The summed E-state index contributed by atoms with van der Waals surface area (Å²) in [4.78, 5) is 8.09. The highest BCUT2D eigenvalue weighted by Gasteiger charge is 2.34. The summed E-state index contributed by atoms with van der Waals surface area (Å²) in [6.45, 7) is 2.15. The number of hydrogen-bond donors (Lipinski definition) is 2. The second-order valence-corrected chi connectivity index (χ2v) is 3.89. The van der Waals surface area contributed by atoms with Crippen molar-refractivity contribution in [2.75, 3.05) is 12.3 Å². The summed E-state index contributed by atoms with van der Waals surface area (Å²) in [5.41, 5.74) is 10.4. The number of halogens is 1. The molecule has 16 heavy (non-hydrogen) atoms. The third-order valence-corrected chi connectivity index (χ3v) is 2.57. The van der Waals surface area contributed by atoms with Crippen LogP contribution in [0.1, 0.15) is 19.0 Å². The van der Waals surface area contributed by atoms with Crippen molar-refractivity contribution in [3.05, 3.63) is 23.6 Å². The molecule has 1 aromatic heterocycles. The van der Waals surface area contributed by atoms with Crippen LogP contribution in [0.2, 0.25) is 0 Å². The Bertz CT molecular complexity index is 448. The minimum Gasteiger partial charge on any atom is -0.465 e. The van der Waals surface area contributed by atoms with Gasteiger partial charge >= 0.3 is 0 Å². The van der Waals surface area contributed by atoms with Crippen LogP contribution in [-0.2, 0) is 10.3 Å². The van der Waals surface area contributed by atoms with Gasteiger partial charge in [-0.3, -0.25) is 0 Å². The van der Waals surface area contributed by atoms with Gasteiger partial charge in [-0.15, -0.1) is 0 Å². The van der Waals surface area contributed by atoms with Gasteiger partial charge in [0.15, 0.2) is 0 Å². The molecule has 0 unspecified atom stereocenters. The molecule has 86 valence electrons. The fourth-order valence-electron chi connectivity index (χ4n) is 1.69. The molecular weight excluding hydrogens is 211 g/mol. The van der Waals surface area contributed by atoms with E-state index < -0.39 is 11.4 Å². The SMILES string of the molecule is C[C@@]1(c2nc(N)ccc2F)CCOC(N)=N1. The largest absolute Gasteiger partial charge is 0.465 e. The van der Waals surface area contributed by atoms with Gasteiger partial charge in [0.25, 0.3) is 6.02 Å². The van der Waals surface area contributed by atoms with Crippen molar-refractivity contribution >= 4 is 11.8 Å². The summed E-state index contributed by atoms with van der Waals surface area (Å²) in [6.07, 6.45) is 0.515. The third kappa shape index (κ3) is 1.78. The van der Waals surface area contributed by atoms with Crippen LogP contribution < -0.4 is 11.5 Å². The predicted octanol–water partition coefficient (Wildman–Crippen LogP) is 0.753. The van der Waals surface area contributed by atoms with Gasteiger partial charge in [-0.2, -0.15) is 0 Å². The maximum Gasteiger partial charge on any atom is 0.282 e. The standard InChI is InChI=1S/C10H13FN4O/c1-10(4-5-16-9(13)15-10)8-6(11)2-3-7(12)14-8/h2-3H,4-5H2,1H3,(H2,12,14)(H2,13,15)/t10-/m0/s1. The molecule has 1 aliphatic rings. The number of ether oxygens (including phenoxy) is 1. The Kier molecular flexibility index (Phi) is 2.41. The third-order valence-electron chi connectivity index (χ3n) is 2.57. The van der Waals surface area contributed by atoms with E-state index in [0.29, 0.717) is 13.0 Å². The average Bonchev–Trinajstić information content (AvgIpc) is 2.21. The molecule has 5 nitrogen and oxygen atoms in total. The van der Waals surface area contributed by atoms with Crippen LogP contribution in [0.3, 0.4) is 0 Å². The monoisotopic (exact) mass is 224 g/mol. The fraction of sp³-hybridized carbons (Fsp3) is 0.400. The van der Waals surface area contributed by atoms with Gasteiger partial charge in [-0.1, -0.05) is 0 Å². The molecule has 0 bridgehead atoms. The van der Waals surface area contributed by atoms with Crippen LogP contribution in [0.4, 0.5) is 10.2 Å². The van der Waals surface area contributed by atoms with Crippen LogP contribution in [0, 0.1) is 5.82 Å². The van der Waals surface area contributed by atoms with Gasteiger partial charge in [-0.05, 0) is 19.1 Å². The molecule has 0 aliphatic carbocycles. The summed E-state index contributed by atoms with van der Waals surface area (Å²) in [6, 6.07) is 2.75. The molecule has 0 fully saturated rings. The summed E-state index contributed by atoms with van der Waals surface area (Å²) in [5.74, 6) is -0.173. The Morgan fingerprint density at radius 2 is 2.19 bits per heavy atom. The molecule has 0 spiro atoms. The van der Waals surface area contributed by atoms with Crippen LogP contribution >= 0.6 is 0 Å². The zero-order valence-electron chi connectivity index (χ0n) is 8.90. The highest BCUT2D eigenvalue weighted by atomic mass is 19.1. The van der Waals surface area contributed by atoms with Crippen molar-refractivity contribution in [1.82, 2.24) is 4.98 Å². The van der Waals surface area contributed by atoms with Crippen molar-refractivity contribution < 1.29 is 9.13 Å². The lowest BCUT2D eigenvalue weighted by Crippen LogP contribution is -2.35. The molecular formula is C10H13FN4O. The van der Waals surface area contributed by atoms with E-state index in [4.69, 9.17) is 16.2 Å². The average molecular weight is 224 g/mol. The zero-order chi connectivity index (χ0) is 11.8. The molecule has 6 heteroatoms. The van der Waals surface area contributed by atoms with Crippen LogP contribution in [0.25, 0.3) is 0 Å². The second-order valence-electron chi connectivity index (χ2n) is 3.89. The maximum absolute atomic E-state index is 13.7. The van der Waals surface area contributed by atoms with Crippen LogP contribution in [0.15, 0.2) is 17.1 Å². The minimum atomic E-state index is -0.804. The van der Waals surface area contributed by atoms with E-state index in [-0.39, 0.29) is 17.5 Å². The summed E-state index contributed by atoms with van der Waals surface area (Å²) >= 11 is 0.